The summed E-state index contributed by atoms with van der Waals surface area (Å²) in [7, 11) is 0. The molecule has 1 aliphatic rings. The minimum atomic E-state index is -1.03. The van der Waals surface area contributed by atoms with Crippen LogP contribution in [0, 0.1) is 0 Å². The lowest BCUT2D eigenvalue weighted by atomic mass is 10.1. The van der Waals surface area contributed by atoms with Crippen LogP contribution in [-0.2, 0) is 11.3 Å². The molecule has 0 aliphatic carbocycles. The average Bonchev–Trinajstić information content (AvgIpc) is 2.88. The van der Waals surface area contributed by atoms with Crippen molar-refractivity contribution in [2.75, 3.05) is 19.8 Å². The van der Waals surface area contributed by atoms with Gasteiger partial charge in [0.2, 0.25) is 5.91 Å². The molecule has 1 heterocycles. The zero-order valence-corrected chi connectivity index (χ0v) is 13.8. The summed E-state index contributed by atoms with van der Waals surface area (Å²) in [5.41, 5.74) is 6.28. The second-order valence-corrected chi connectivity index (χ2v) is 5.71. The van der Waals surface area contributed by atoms with Gasteiger partial charge in [0.15, 0.2) is 11.5 Å². The maximum Gasteiger partial charge on any atom is 0.234 e. The first-order chi connectivity index (χ1) is 11.1. The Morgan fingerprint density at radius 3 is 2.83 bits per heavy atom. The number of carbonyl (C=O) groups excluding carboxylic acids is 1. The molecular weight excluding hydrogens is 299 g/mol. The highest BCUT2D eigenvalue weighted by molar-refractivity contribution is 5.80. The molecule has 2 rings (SSSR count). The van der Waals surface area contributed by atoms with Gasteiger partial charge in [-0.25, -0.2) is 4.39 Å². The van der Waals surface area contributed by atoms with Gasteiger partial charge in [-0.3, -0.25) is 9.69 Å². The smallest absolute Gasteiger partial charge is 0.234 e. The fourth-order valence-electron chi connectivity index (χ4n) is 2.86. The molecule has 1 fully saturated rings. The molecular formula is C17H25FN2O3. The minimum absolute atomic E-state index is 0.158. The number of benzene rings is 1. The van der Waals surface area contributed by atoms with Gasteiger partial charge in [0.25, 0.3) is 0 Å². The van der Waals surface area contributed by atoms with Crippen LogP contribution in [0.1, 0.15) is 32.3 Å². The molecule has 1 aliphatic heterocycles. The van der Waals surface area contributed by atoms with E-state index in [1.54, 1.807) is 4.90 Å². The number of nitrogens with zero attached hydrogens (tertiary/aromatic N) is 1. The van der Waals surface area contributed by atoms with Crippen molar-refractivity contribution in [1.29, 1.82) is 0 Å². The number of hydrogen-bond donors (Lipinski definition) is 1. The molecule has 0 radical (unpaired) electrons. The summed E-state index contributed by atoms with van der Waals surface area (Å²) in [6.07, 6.45) is 0.00806. The van der Waals surface area contributed by atoms with Crippen LogP contribution in [-0.4, -0.2) is 42.8 Å². The average molecular weight is 324 g/mol. The summed E-state index contributed by atoms with van der Waals surface area (Å²) in [5, 5.41) is 0. The van der Waals surface area contributed by atoms with E-state index in [0.717, 1.165) is 12.0 Å². The van der Waals surface area contributed by atoms with Crippen molar-refractivity contribution in [2.45, 2.75) is 45.4 Å². The van der Waals surface area contributed by atoms with E-state index in [4.69, 9.17) is 15.2 Å². The number of hydrogen-bond acceptors (Lipinski definition) is 4. The van der Waals surface area contributed by atoms with E-state index in [-0.39, 0.29) is 13.0 Å². The molecule has 23 heavy (non-hydrogen) atoms. The molecule has 1 aromatic carbocycles. The van der Waals surface area contributed by atoms with E-state index in [0.29, 0.717) is 31.3 Å². The van der Waals surface area contributed by atoms with Gasteiger partial charge < -0.3 is 15.2 Å². The van der Waals surface area contributed by atoms with Crippen LogP contribution in [0.15, 0.2) is 18.2 Å². The predicted octanol–water partition coefficient (Wildman–Crippen LogP) is 2.27. The number of nitrogens with two attached hydrogens (primary N) is 1. The number of likely N-dealkylation sites (tertiary alicyclic amines) is 1. The second kappa shape index (κ2) is 8.15. The molecule has 0 aromatic heterocycles. The second-order valence-electron chi connectivity index (χ2n) is 5.71. The van der Waals surface area contributed by atoms with Gasteiger partial charge in [0.05, 0.1) is 19.3 Å². The largest absolute Gasteiger partial charge is 0.490 e. The summed E-state index contributed by atoms with van der Waals surface area (Å²) in [6, 6.07) is 5.07. The molecule has 1 saturated heterocycles. The zero-order valence-electron chi connectivity index (χ0n) is 13.8. The third-order valence-electron chi connectivity index (χ3n) is 3.87. The first-order valence-corrected chi connectivity index (χ1v) is 8.11. The number of amides is 1. The maximum atomic E-state index is 13.7. The summed E-state index contributed by atoms with van der Waals surface area (Å²) >= 11 is 0. The molecule has 2 N–H and O–H groups in total. The third kappa shape index (κ3) is 4.34. The van der Waals surface area contributed by atoms with Crippen molar-refractivity contribution in [1.82, 2.24) is 4.90 Å². The molecule has 2 atom stereocenters. The monoisotopic (exact) mass is 324 g/mol. The molecule has 1 aromatic rings. The highest BCUT2D eigenvalue weighted by atomic mass is 19.1. The van der Waals surface area contributed by atoms with Crippen molar-refractivity contribution in [2.24, 2.45) is 5.73 Å². The Morgan fingerprint density at radius 1 is 1.39 bits per heavy atom. The number of halogens is 1. The first-order valence-electron chi connectivity index (χ1n) is 8.11. The van der Waals surface area contributed by atoms with Crippen LogP contribution in [0.5, 0.6) is 11.5 Å². The fraction of sp³-hybridized carbons (Fsp3) is 0.588. The van der Waals surface area contributed by atoms with Gasteiger partial charge in [0.1, 0.15) is 6.17 Å². The Bertz CT molecular complexity index is 539. The number of alkyl halides is 1. The van der Waals surface area contributed by atoms with E-state index >= 15 is 0 Å². The first kappa shape index (κ1) is 17.5. The Balaban J connectivity index is 2.23. The molecule has 6 heteroatoms. The molecule has 0 saturated carbocycles. The topological polar surface area (TPSA) is 64.8 Å². The Labute approximate surface area is 136 Å². The molecule has 128 valence electrons. The van der Waals surface area contributed by atoms with Gasteiger partial charge in [-0.1, -0.05) is 19.1 Å². The SMILES string of the molecule is CCCOc1c(CN2C[C@H](F)C[C@H]2C(N)=O)cccc1OCC. The fourth-order valence-corrected chi connectivity index (χ4v) is 2.86. The third-order valence-corrected chi connectivity index (χ3v) is 3.87. The standard InChI is InChI=1S/C17H25FN2O3/c1-3-8-23-16-12(6-5-7-15(16)22-4-2)10-20-11-13(18)9-14(20)17(19)21/h5-7,13-14H,3-4,8-11H2,1-2H3,(H2,19,21)/t13-,14+/m1/s1. The van der Waals surface area contributed by atoms with E-state index in [2.05, 4.69) is 0 Å². The molecule has 0 unspecified atom stereocenters. The Hall–Kier alpha value is -1.82. The Kier molecular flexibility index (Phi) is 6.21. The van der Waals surface area contributed by atoms with Crippen LogP contribution in [0.25, 0.3) is 0 Å². The number of ether oxygens (including phenoxy) is 2. The van der Waals surface area contributed by atoms with E-state index < -0.39 is 18.1 Å². The van der Waals surface area contributed by atoms with Crippen molar-refractivity contribution >= 4 is 5.91 Å². The molecule has 0 spiro atoms. The van der Waals surface area contributed by atoms with Gasteiger partial charge in [-0.15, -0.1) is 0 Å². The minimum Gasteiger partial charge on any atom is -0.490 e. The zero-order chi connectivity index (χ0) is 16.8. The predicted molar refractivity (Wildman–Crippen MR) is 86.3 cm³/mol. The van der Waals surface area contributed by atoms with Crippen molar-refractivity contribution in [3.05, 3.63) is 23.8 Å². The highest BCUT2D eigenvalue weighted by Crippen LogP contribution is 2.34. The number of primary amides is 1. The summed E-state index contributed by atoms with van der Waals surface area (Å²) in [5.74, 6) is 0.855. The lowest BCUT2D eigenvalue weighted by Gasteiger charge is -2.23. The van der Waals surface area contributed by atoms with Gasteiger partial charge in [-0.05, 0) is 19.4 Å². The quantitative estimate of drug-likeness (QED) is 0.797. The van der Waals surface area contributed by atoms with Crippen LogP contribution in [0.2, 0.25) is 0 Å². The maximum absolute atomic E-state index is 13.7. The number of rotatable bonds is 8. The normalized spacial score (nSPS) is 21.3. The molecule has 5 nitrogen and oxygen atoms in total. The van der Waals surface area contributed by atoms with Crippen molar-refractivity contribution in [3.63, 3.8) is 0 Å². The van der Waals surface area contributed by atoms with Crippen LogP contribution in [0.3, 0.4) is 0 Å². The van der Waals surface area contributed by atoms with Crippen molar-refractivity contribution in [3.8, 4) is 11.5 Å². The summed E-state index contributed by atoms with van der Waals surface area (Å²) in [4.78, 5) is 13.3. The van der Waals surface area contributed by atoms with Gasteiger partial charge in [-0.2, -0.15) is 0 Å². The lowest BCUT2D eigenvalue weighted by molar-refractivity contribution is -0.122. The van der Waals surface area contributed by atoms with Crippen LogP contribution >= 0.6 is 0 Å². The lowest BCUT2D eigenvalue weighted by Crippen LogP contribution is -2.39. The van der Waals surface area contributed by atoms with Crippen LogP contribution in [0.4, 0.5) is 4.39 Å². The number of carbonyl (C=O) groups is 1. The summed E-state index contributed by atoms with van der Waals surface area (Å²) < 4.78 is 25.2. The number of para-hydroxylation sites is 1. The molecule has 1 amide bonds. The highest BCUT2D eigenvalue weighted by Gasteiger charge is 2.36. The van der Waals surface area contributed by atoms with E-state index in [1.807, 2.05) is 32.0 Å². The van der Waals surface area contributed by atoms with Crippen LogP contribution < -0.4 is 15.2 Å². The summed E-state index contributed by atoms with van der Waals surface area (Å²) in [6.45, 7) is 5.66. The van der Waals surface area contributed by atoms with Gasteiger partial charge >= 0.3 is 0 Å². The van der Waals surface area contributed by atoms with Crippen molar-refractivity contribution < 1.29 is 18.7 Å². The van der Waals surface area contributed by atoms with E-state index in [9.17, 15) is 9.18 Å². The van der Waals surface area contributed by atoms with Gasteiger partial charge in [0, 0.05) is 25.1 Å². The van der Waals surface area contributed by atoms with E-state index in [1.165, 1.54) is 0 Å². The molecule has 0 bridgehead atoms. The Morgan fingerprint density at radius 2 is 2.17 bits per heavy atom.